The third-order valence-corrected chi connectivity index (χ3v) is 1.75. The van der Waals surface area contributed by atoms with Gasteiger partial charge in [0.15, 0.2) is 0 Å². The average Bonchev–Trinajstić information content (AvgIpc) is 1.82. The van der Waals surface area contributed by atoms with E-state index < -0.39 is 11.6 Å². The van der Waals surface area contributed by atoms with E-state index in [0.717, 1.165) is 0 Å². The van der Waals surface area contributed by atoms with Crippen molar-refractivity contribution in [1.82, 2.24) is 4.90 Å². The van der Waals surface area contributed by atoms with E-state index in [-0.39, 0.29) is 12.5 Å². The molecule has 0 fully saturated rings. The number of rotatable bonds is 2. The molecule has 0 rings (SSSR count). The van der Waals surface area contributed by atoms with Crippen LogP contribution in [0.5, 0.6) is 0 Å². The van der Waals surface area contributed by atoms with Gasteiger partial charge < -0.3 is 14.8 Å². The maximum atomic E-state index is 10.8. The summed E-state index contributed by atoms with van der Waals surface area (Å²) in [5.41, 5.74) is -0.519. The van der Waals surface area contributed by atoms with Gasteiger partial charge in [0.2, 0.25) is 0 Å². The molecular weight excluding hydrogens is 168 g/mol. The highest BCUT2D eigenvalue weighted by Crippen LogP contribution is 2.17. The average molecular weight is 183 g/mol. The van der Waals surface area contributed by atoms with Crippen LogP contribution in [0, 0.1) is 11.3 Å². The minimum absolute atomic E-state index is 0.186. The molecule has 0 spiro atoms. The molecule has 0 aliphatic carbocycles. The lowest BCUT2D eigenvalue weighted by molar-refractivity contribution is -0.273. The van der Waals surface area contributed by atoms with Gasteiger partial charge in [-0.25, -0.2) is 0 Å². The molecule has 0 saturated carbocycles. The van der Waals surface area contributed by atoms with Gasteiger partial charge in [0.25, 0.3) is 0 Å². The Bertz CT molecular complexity index is 225. The van der Waals surface area contributed by atoms with E-state index in [2.05, 4.69) is 0 Å². The Hall–Kier alpha value is -1.24. The highest BCUT2D eigenvalue weighted by atomic mass is 16.4. The lowest BCUT2D eigenvalue weighted by atomic mass is 10.0. The molecule has 74 valence electrons. The van der Waals surface area contributed by atoms with Crippen molar-refractivity contribution in [2.75, 3.05) is 0 Å². The van der Waals surface area contributed by atoms with Crippen LogP contribution in [0.1, 0.15) is 34.1 Å². The number of nitriles is 1. The minimum atomic E-state index is -1.23. The lowest BCUT2D eigenvalue weighted by Crippen LogP contribution is -2.55. The van der Waals surface area contributed by atoms with E-state index in [0.29, 0.717) is 0 Å². The first-order chi connectivity index (χ1) is 5.80. The first-order valence-electron chi connectivity index (χ1n) is 4.18. The number of hydrogen-bond donors (Lipinski definition) is 0. The molecule has 4 heteroatoms. The highest BCUT2D eigenvalue weighted by molar-refractivity contribution is 5.64. The number of carboxylic acid groups (broad SMARTS) is 1. The van der Waals surface area contributed by atoms with Gasteiger partial charge in [-0.1, -0.05) is 0 Å². The molecule has 0 aromatic carbocycles. The first kappa shape index (κ1) is 11.8. The summed E-state index contributed by atoms with van der Waals surface area (Å²) < 4.78 is 0. The molecule has 0 aliphatic rings. The molecule has 13 heavy (non-hydrogen) atoms. The molecule has 0 radical (unpaired) electrons. The Morgan fingerprint density at radius 1 is 1.62 bits per heavy atom. The molecule has 0 aliphatic heterocycles. The van der Waals surface area contributed by atoms with Gasteiger partial charge in [-0.15, -0.1) is 0 Å². The van der Waals surface area contributed by atoms with E-state index in [9.17, 15) is 9.90 Å². The number of carbonyl (C=O) groups is 1. The van der Waals surface area contributed by atoms with Crippen molar-refractivity contribution in [3.05, 3.63) is 0 Å². The topological polar surface area (TPSA) is 67.2 Å². The van der Waals surface area contributed by atoms with Crippen molar-refractivity contribution in [2.24, 2.45) is 0 Å². The smallest absolute Gasteiger partial charge is 0.137 e. The van der Waals surface area contributed by atoms with Gasteiger partial charge in [-0.3, -0.25) is 0 Å². The van der Waals surface area contributed by atoms with Crippen LogP contribution in [-0.2, 0) is 0 Å². The molecular formula is C9H15N2O2-. The maximum absolute atomic E-state index is 10.8. The van der Waals surface area contributed by atoms with E-state index in [4.69, 9.17) is 5.26 Å². The number of carbonyl (C=O) groups excluding carboxylic acids is 1. The Balaban J connectivity index is 4.64. The molecule has 1 amide bonds. The van der Waals surface area contributed by atoms with Gasteiger partial charge in [-0.05, 0) is 27.7 Å². The Labute approximate surface area is 78.8 Å². The number of nitrogens with zero attached hydrogens (tertiary/aromatic N) is 2. The standard InChI is InChI=1S/C9H16N2O2/c1-7(5-6-10)11(8(12)13)9(2,3)4/h7H,5H2,1-4H3,(H,12,13)/p-1/t7-/m1/s1. The van der Waals surface area contributed by atoms with Gasteiger partial charge in [0.1, 0.15) is 6.09 Å². The predicted molar refractivity (Wildman–Crippen MR) is 46.7 cm³/mol. The summed E-state index contributed by atoms with van der Waals surface area (Å²) in [6, 6.07) is 1.62. The molecule has 0 saturated heterocycles. The summed E-state index contributed by atoms with van der Waals surface area (Å²) in [4.78, 5) is 12.0. The molecule has 4 nitrogen and oxygen atoms in total. The van der Waals surface area contributed by atoms with E-state index in [1.165, 1.54) is 4.90 Å². The molecule has 0 heterocycles. The lowest BCUT2D eigenvalue weighted by Gasteiger charge is -2.41. The van der Waals surface area contributed by atoms with Crippen LogP contribution < -0.4 is 5.11 Å². The van der Waals surface area contributed by atoms with Gasteiger partial charge in [-0.2, -0.15) is 5.26 Å². The summed E-state index contributed by atoms with van der Waals surface area (Å²) in [5.74, 6) is 0. The third kappa shape index (κ3) is 3.32. The van der Waals surface area contributed by atoms with Crippen molar-refractivity contribution < 1.29 is 9.90 Å². The van der Waals surface area contributed by atoms with E-state index in [1.54, 1.807) is 27.7 Å². The van der Waals surface area contributed by atoms with Crippen molar-refractivity contribution >= 4 is 6.09 Å². The quantitative estimate of drug-likeness (QED) is 0.633. The van der Waals surface area contributed by atoms with E-state index in [1.807, 2.05) is 6.07 Å². The molecule has 0 N–H and O–H groups in total. The predicted octanol–water partition coefficient (Wildman–Crippen LogP) is 0.732. The van der Waals surface area contributed by atoms with Crippen LogP contribution >= 0.6 is 0 Å². The fourth-order valence-corrected chi connectivity index (χ4v) is 1.34. The zero-order valence-electron chi connectivity index (χ0n) is 8.50. The summed E-state index contributed by atoms with van der Waals surface area (Å²) >= 11 is 0. The third-order valence-electron chi connectivity index (χ3n) is 1.75. The molecule has 0 unspecified atom stereocenters. The summed E-state index contributed by atoms with van der Waals surface area (Å²) in [5, 5.41) is 19.2. The van der Waals surface area contributed by atoms with Gasteiger partial charge in [0, 0.05) is 11.6 Å². The molecule has 0 aromatic rings. The highest BCUT2D eigenvalue weighted by Gasteiger charge is 2.25. The zero-order valence-corrected chi connectivity index (χ0v) is 8.50. The number of hydrogen-bond acceptors (Lipinski definition) is 3. The fourth-order valence-electron chi connectivity index (χ4n) is 1.34. The van der Waals surface area contributed by atoms with Crippen molar-refractivity contribution in [3.63, 3.8) is 0 Å². The maximum Gasteiger partial charge on any atom is 0.137 e. The summed E-state index contributed by atoms with van der Waals surface area (Å²) in [7, 11) is 0. The second-order valence-corrected chi connectivity index (χ2v) is 4.02. The van der Waals surface area contributed by atoms with Crippen molar-refractivity contribution in [1.29, 1.82) is 5.26 Å². The first-order valence-corrected chi connectivity index (χ1v) is 4.18. The van der Waals surface area contributed by atoms with Gasteiger partial charge in [0.05, 0.1) is 12.5 Å². The Morgan fingerprint density at radius 3 is 2.31 bits per heavy atom. The molecule has 0 aromatic heterocycles. The van der Waals surface area contributed by atoms with Crippen molar-refractivity contribution in [2.45, 2.75) is 45.7 Å². The normalized spacial score (nSPS) is 13.2. The summed E-state index contributed by atoms with van der Waals surface area (Å²) in [6.07, 6.45) is -1.04. The zero-order chi connectivity index (χ0) is 10.6. The minimum Gasteiger partial charge on any atom is -0.530 e. The monoisotopic (exact) mass is 183 g/mol. The van der Waals surface area contributed by atoms with Crippen LogP contribution in [0.4, 0.5) is 4.79 Å². The Kier molecular flexibility index (Phi) is 3.73. The SMILES string of the molecule is C[C@H](CC#N)N(C(=O)[O-])C(C)(C)C. The van der Waals surface area contributed by atoms with Crippen LogP contribution in [0.25, 0.3) is 0 Å². The number of amides is 1. The Morgan fingerprint density at radius 2 is 2.08 bits per heavy atom. The fraction of sp³-hybridized carbons (Fsp3) is 0.778. The van der Waals surface area contributed by atoms with Crippen LogP contribution in [0.2, 0.25) is 0 Å². The van der Waals surface area contributed by atoms with Crippen molar-refractivity contribution in [3.8, 4) is 6.07 Å². The second-order valence-electron chi connectivity index (χ2n) is 4.02. The second kappa shape index (κ2) is 4.13. The largest absolute Gasteiger partial charge is 0.530 e. The molecule has 1 atom stereocenters. The van der Waals surface area contributed by atoms with Crippen LogP contribution in [0.15, 0.2) is 0 Å². The molecule has 0 bridgehead atoms. The summed E-state index contributed by atoms with van der Waals surface area (Å²) in [6.45, 7) is 7.02. The van der Waals surface area contributed by atoms with Crippen LogP contribution in [-0.4, -0.2) is 22.6 Å². The van der Waals surface area contributed by atoms with Gasteiger partial charge >= 0.3 is 0 Å². The van der Waals surface area contributed by atoms with E-state index >= 15 is 0 Å². The van der Waals surface area contributed by atoms with Crippen LogP contribution in [0.3, 0.4) is 0 Å².